The second kappa shape index (κ2) is 50.5. The van der Waals surface area contributed by atoms with Gasteiger partial charge in [0.2, 0.25) is 0 Å². The average Bonchev–Trinajstić information content (AvgIpc) is 3.27. The molecule has 0 aliphatic carbocycles. The average molecular weight is 865 g/mol. The van der Waals surface area contributed by atoms with E-state index in [2.05, 4.69) is 93.7 Å². The molecule has 0 aliphatic heterocycles. The summed E-state index contributed by atoms with van der Waals surface area (Å²) < 4.78 is 16.7. The standard InChI is InChI=1S/C56H96O6/c1-4-7-10-13-16-18-20-22-24-25-26-27-28-29-30-31-33-34-36-38-40-43-46-49-55(58)61-52-53(51-60-54(57)48-45-42-15-12-9-6-3)62-56(59)50-47-44-41-39-37-35-32-23-21-19-17-14-11-8-5-2/h7,10,16-19,22-24,26-27,32,53H,4-6,8-9,11-15,20-21,25,28-31,33-52H2,1-3H3/b10-7-,18-16-,19-17-,24-22-,27-26-,32-23-. The van der Waals surface area contributed by atoms with Gasteiger partial charge in [-0.05, 0) is 89.9 Å². The summed E-state index contributed by atoms with van der Waals surface area (Å²) in [5.74, 6) is -0.909. The maximum atomic E-state index is 12.7. The molecule has 0 amide bonds. The molecule has 0 aromatic heterocycles. The van der Waals surface area contributed by atoms with Crippen molar-refractivity contribution in [2.45, 2.75) is 252 Å². The van der Waals surface area contributed by atoms with Gasteiger partial charge in [-0.3, -0.25) is 14.4 Å². The highest BCUT2D eigenvalue weighted by Gasteiger charge is 2.19. The summed E-state index contributed by atoms with van der Waals surface area (Å²) in [5.41, 5.74) is 0. The summed E-state index contributed by atoms with van der Waals surface area (Å²) in [5, 5.41) is 0. The summed E-state index contributed by atoms with van der Waals surface area (Å²) >= 11 is 0. The third-order valence-corrected chi connectivity index (χ3v) is 10.9. The van der Waals surface area contributed by atoms with Crippen molar-refractivity contribution in [1.82, 2.24) is 0 Å². The minimum absolute atomic E-state index is 0.0822. The smallest absolute Gasteiger partial charge is 0.306 e. The number of hydrogen-bond acceptors (Lipinski definition) is 6. The molecule has 0 saturated carbocycles. The van der Waals surface area contributed by atoms with Gasteiger partial charge < -0.3 is 14.2 Å². The number of allylic oxidation sites excluding steroid dienone is 12. The Morgan fingerprint density at radius 2 is 0.629 bits per heavy atom. The van der Waals surface area contributed by atoms with E-state index >= 15 is 0 Å². The lowest BCUT2D eigenvalue weighted by Gasteiger charge is -2.18. The van der Waals surface area contributed by atoms with E-state index in [4.69, 9.17) is 14.2 Å². The topological polar surface area (TPSA) is 78.9 Å². The predicted octanol–water partition coefficient (Wildman–Crippen LogP) is 17.0. The lowest BCUT2D eigenvalue weighted by atomic mass is 10.1. The monoisotopic (exact) mass is 865 g/mol. The summed E-state index contributed by atoms with van der Waals surface area (Å²) in [6.07, 6.45) is 63.4. The molecule has 0 rings (SSSR count). The number of ether oxygens (including phenoxy) is 3. The third-order valence-electron chi connectivity index (χ3n) is 10.9. The maximum absolute atomic E-state index is 12.7. The largest absolute Gasteiger partial charge is 0.462 e. The normalized spacial score (nSPS) is 12.6. The highest BCUT2D eigenvalue weighted by molar-refractivity contribution is 5.71. The van der Waals surface area contributed by atoms with Crippen LogP contribution in [0.3, 0.4) is 0 Å². The zero-order valence-corrected chi connectivity index (χ0v) is 40.6. The predicted molar refractivity (Wildman–Crippen MR) is 265 cm³/mol. The van der Waals surface area contributed by atoms with E-state index in [1.807, 2.05) is 0 Å². The van der Waals surface area contributed by atoms with Crippen molar-refractivity contribution in [3.63, 3.8) is 0 Å². The Hall–Kier alpha value is -3.15. The molecule has 6 nitrogen and oxygen atoms in total. The Labute approximate surface area is 382 Å². The summed E-state index contributed by atoms with van der Waals surface area (Å²) in [4.78, 5) is 37.7. The maximum Gasteiger partial charge on any atom is 0.306 e. The molecule has 0 fully saturated rings. The van der Waals surface area contributed by atoms with Gasteiger partial charge in [0, 0.05) is 19.3 Å². The van der Waals surface area contributed by atoms with E-state index in [1.54, 1.807) is 0 Å². The van der Waals surface area contributed by atoms with Crippen LogP contribution in [0.15, 0.2) is 72.9 Å². The zero-order chi connectivity index (χ0) is 45.1. The fourth-order valence-electron chi connectivity index (χ4n) is 7.05. The molecule has 62 heavy (non-hydrogen) atoms. The van der Waals surface area contributed by atoms with Crippen molar-refractivity contribution in [3.8, 4) is 0 Å². The van der Waals surface area contributed by atoms with Gasteiger partial charge in [-0.1, -0.05) is 209 Å². The lowest BCUT2D eigenvalue weighted by molar-refractivity contribution is -0.167. The van der Waals surface area contributed by atoms with Crippen LogP contribution in [0.2, 0.25) is 0 Å². The fraction of sp³-hybridized carbons (Fsp3) is 0.732. The molecule has 0 aliphatic rings. The molecular formula is C56H96O6. The number of hydrogen-bond donors (Lipinski definition) is 0. The van der Waals surface area contributed by atoms with Crippen molar-refractivity contribution in [2.24, 2.45) is 0 Å². The van der Waals surface area contributed by atoms with Crippen LogP contribution in [-0.2, 0) is 28.6 Å². The van der Waals surface area contributed by atoms with Gasteiger partial charge in [0.1, 0.15) is 13.2 Å². The van der Waals surface area contributed by atoms with Crippen LogP contribution in [-0.4, -0.2) is 37.2 Å². The highest BCUT2D eigenvalue weighted by atomic mass is 16.6. The van der Waals surface area contributed by atoms with E-state index in [-0.39, 0.29) is 31.1 Å². The van der Waals surface area contributed by atoms with Gasteiger partial charge in [0.05, 0.1) is 0 Å². The van der Waals surface area contributed by atoms with Crippen molar-refractivity contribution in [1.29, 1.82) is 0 Å². The van der Waals surface area contributed by atoms with Gasteiger partial charge in [0.15, 0.2) is 6.10 Å². The van der Waals surface area contributed by atoms with Crippen LogP contribution >= 0.6 is 0 Å². The van der Waals surface area contributed by atoms with Crippen LogP contribution in [0.4, 0.5) is 0 Å². The molecule has 356 valence electrons. The first kappa shape index (κ1) is 58.9. The summed E-state index contributed by atoms with van der Waals surface area (Å²) in [6, 6.07) is 0. The minimum Gasteiger partial charge on any atom is -0.462 e. The molecule has 1 unspecified atom stereocenters. The molecule has 1 atom stereocenters. The van der Waals surface area contributed by atoms with E-state index < -0.39 is 6.10 Å². The van der Waals surface area contributed by atoms with E-state index in [9.17, 15) is 14.4 Å². The molecule has 0 spiro atoms. The molecule has 0 aromatic rings. The van der Waals surface area contributed by atoms with Gasteiger partial charge in [0.25, 0.3) is 0 Å². The van der Waals surface area contributed by atoms with Crippen LogP contribution in [0.5, 0.6) is 0 Å². The molecule has 6 heteroatoms. The Morgan fingerprint density at radius 3 is 1.02 bits per heavy atom. The Balaban J connectivity index is 4.19. The Bertz CT molecular complexity index is 1180. The minimum atomic E-state index is -0.780. The van der Waals surface area contributed by atoms with Crippen LogP contribution < -0.4 is 0 Å². The SMILES string of the molecule is CC/C=C\C/C=C\C/C=C\C/C=C\CCCCCCCCCCCCC(=O)OCC(COC(=O)CCCCCCCC)OC(=O)CCCCCCC/C=C\C/C=C\CCCCC. The Kier molecular flexibility index (Phi) is 47.9. The van der Waals surface area contributed by atoms with Gasteiger partial charge in [-0.2, -0.15) is 0 Å². The van der Waals surface area contributed by atoms with Crippen molar-refractivity contribution in [3.05, 3.63) is 72.9 Å². The molecule has 0 N–H and O–H groups in total. The number of unbranched alkanes of at least 4 members (excludes halogenated alkanes) is 23. The molecule has 0 heterocycles. The van der Waals surface area contributed by atoms with E-state index in [1.165, 1.54) is 96.3 Å². The first-order valence-corrected chi connectivity index (χ1v) is 25.9. The molecule has 0 aromatic carbocycles. The van der Waals surface area contributed by atoms with Crippen molar-refractivity contribution >= 4 is 17.9 Å². The number of rotatable bonds is 46. The molecular weight excluding hydrogens is 769 g/mol. The van der Waals surface area contributed by atoms with Crippen molar-refractivity contribution < 1.29 is 28.6 Å². The second-order valence-electron chi connectivity index (χ2n) is 17.1. The first-order valence-electron chi connectivity index (χ1n) is 25.9. The number of esters is 3. The summed E-state index contributed by atoms with van der Waals surface area (Å²) in [6.45, 7) is 6.42. The van der Waals surface area contributed by atoms with Crippen LogP contribution in [0.25, 0.3) is 0 Å². The summed E-state index contributed by atoms with van der Waals surface area (Å²) in [7, 11) is 0. The van der Waals surface area contributed by atoms with Crippen molar-refractivity contribution in [2.75, 3.05) is 13.2 Å². The van der Waals surface area contributed by atoms with E-state index in [0.29, 0.717) is 19.3 Å². The van der Waals surface area contributed by atoms with Gasteiger partial charge in [-0.15, -0.1) is 0 Å². The molecule has 0 bridgehead atoms. The first-order chi connectivity index (χ1) is 30.5. The van der Waals surface area contributed by atoms with Gasteiger partial charge in [-0.25, -0.2) is 0 Å². The van der Waals surface area contributed by atoms with E-state index in [0.717, 1.165) is 109 Å². The third kappa shape index (κ3) is 47.9. The second-order valence-corrected chi connectivity index (χ2v) is 17.1. The van der Waals surface area contributed by atoms with Crippen LogP contribution in [0, 0.1) is 0 Å². The number of carbonyl (C=O) groups excluding carboxylic acids is 3. The van der Waals surface area contributed by atoms with Crippen LogP contribution in [0.1, 0.15) is 245 Å². The Morgan fingerprint density at radius 1 is 0.339 bits per heavy atom. The number of carbonyl (C=O) groups is 3. The molecule has 0 radical (unpaired) electrons. The molecule has 0 saturated heterocycles. The quantitative estimate of drug-likeness (QED) is 0.0262. The fourth-order valence-corrected chi connectivity index (χ4v) is 7.05. The zero-order valence-electron chi connectivity index (χ0n) is 40.6. The van der Waals surface area contributed by atoms with Gasteiger partial charge >= 0.3 is 17.9 Å². The lowest BCUT2D eigenvalue weighted by Crippen LogP contribution is -2.30. The highest BCUT2D eigenvalue weighted by Crippen LogP contribution is 2.14.